The summed E-state index contributed by atoms with van der Waals surface area (Å²) >= 11 is 12.0. The number of halogens is 5. The molecule has 0 aromatic heterocycles. The Labute approximate surface area is 224 Å². The van der Waals surface area contributed by atoms with Crippen LogP contribution in [0.1, 0.15) is 22.8 Å². The molecule has 198 valence electrons. The Kier molecular flexibility index (Phi) is 8.83. The molecule has 1 aliphatic heterocycles. The highest BCUT2D eigenvalue weighted by Crippen LogP contribution is 2.30. The summed E-state index contributed by atoms with van der Waals surface area (Å²) in [5.74, 6) is 0. The van der Waals surface area contributed by atoms with Crippen LogP contribution < -0.4 is 0 Å². The first kappa shape index (κ1) is 27.9. The van der Waals surface area contributed by atoms with Crippen LogP contribution in [-0.2, 0) is 27.5 Å². The van der Waals surface area contributed by atoms with Gasteiger partial charge < -0.3 is 4.74 Å². The first-order valence-electron chi connectivity index (χ1n) is 11.5. The molecule has 0 aliphatic carbocycles. The van der Waals surface area contributed by atoms with Gasteiger partial charge in [-0.1, -0.05) is 53.5 Å². The topological polar surface area (TPSA) is 49.9 Å². The molecule has 1 fully saturated rings. The standard InChI is InChI=1S/C26H25Cl2F3N2O3S/c27-22-10-6-20(7-11-22)25(36-18-19-4-8-21(9-5-19)26(29,30)31)17-32-12-14-33(15-13-32)37(34,35)24-3-1-2-23(28)16-24/h1-11,16,25H,12-15,17-18H2/t25-/m0/s1. The van der Waals surface area contributed by atoms with Gasteiger partial charge in [0.05, 0.1) is 23.2 Å². The second-order valence-electron chi connectivity index (χ2n) is 8.71. The summed E-state index contributed by atoms with van der Waals surface area (Å²) in [6.45, 7) is 2.20. The third-order valence-corrected chi connectivity index (χ3v) is 8.55. The van der Waals surface area contributed by atoms with Crippen molar-refractivity contribution in [2.45, 2.75) is 23.8 Å². The van der Waals surface area contributed by atoms with Crippen LogP contribution in [0.5, 0.6) is 0 Å². The minimum atomic E-state index is -4.40. The Morgan fingerprint density at radius 1 is 0.865 bits per heavy atom. The number of hydrogen-bond acceptors (Lipinski definition) is 4. The molecule has 0 spiro atoms. The summed E-state index contributed by atoms with van der Waals surface area (Å²) in [4.78, 5) is 2.27. The van der Waals surface area contributed by atoms with Crippen molar-refractivity contribution in [2.75, 3.05) is 32.7 Å². The average molecular weight is 573 g/mol. The van der Waals surface area contributed by atoms with Crippen LogP contribution in [0.15, 0.2) is 77.7 Å². The van der Waals surface area contributed by atoms with Crippen LogP contribution in [0, 0.1) is 0 Å². The normalized spacial score (nSPS) is 16.6. The van der Waals surface area contributed by atoms with Crippen molar-refractivity contribution in [2.24, 2.45) is 0 Å². The number of ether oxygens (including phenoxy) is 1. The fraction of sp³-hybridized carbons (Fsp3) is 0.308. The monoisotopic (exact) mass is 572 g/mol. The summed E-state index contributed by atoms with van der Waals surface area (Å²) in [5, 5.41) is 0.931. The van der Waals surface area contributed by atoms with Crippen LogP contribution in [0.4, 0.5) is 13.2 Å². The SMILES string of the molecule is O=S(=O)(c1cccc(Cl)c1)N1CCN(C[C@H](OCc2ccc(C(F)(F)F)cc2)c2ccc(Cl)cc2)CC1. The van der Waals surface area contributed by atoms with Gasteiger partial charge in [-0.05, 0) is 53.6 Å². The van der Waals surface area contributed by atoms with Gasteiger partial charge in [0.15, 0.2) is 0 Å². The number of nitrogens with zero attached hydrogens (tertiary/aromatic N) is 2. The molecule has 1 saturated heterocycles. The molecule has 37 heavy (non-hydrogen) atoms. The maximum absolute atomic E-state index is 13.0. The van der Waals surface area contributed by atoms with E-state index in [1.165, 1.54) is 28.6 Å². The van der Waals surface area contributed by atoms with Crippen LogP contribution in [0.25, 0.3) is 0 Å². The van der Waals surface area contributed by atoms with E-state index in [1.807, 2.05) is 12.1 Å². The lowest BCUT2D eigenvalue weighted by Gasteiger charge is -2.36. The van der Waals surface area contributed by atoms with E-state index in [0.29, 0.717) is 48.3 Å². The molecule has 3 aromatic rings. The van der Waals surface area contributed by atoms with Crippen LogP contribution in [-0.4, -0.2) is 50.3 Å². The molecule has 0 N–H and O–H groups in total. The average Bonchev–Trinajstić information content (AvgIpc) is 2.87. The first-order valence-corrected chi connectivity index (χ1v) is 13.7. The highest BCUT2D eigenvalue weighted by Gasteiger charge is 2.31. The van der Waals surface area contributed by atoms with Gasteiger partial charge >= 0.3 is 6.18 Å². The predicted molar refractivity (Wildman–Crippen MR) is 137 cm³/mol. The molecule has 1 aliphatic rings. The summed E-state index contributed by atoms with van der Waals surface area (Å²) in [7, 11) is -3.66. The molecular weight excluding hydrogens is 548 g/mol. The van der Waals surface area contributed by atoms with Crippen LogP contribution in [0.3, 0.4) is 0 Å². The molecule has 0 saturated carbocycles. The van der Waals surface area contributed by atoms with Gasteiger partial charge in [-0.2, -0.15) is 17.5 Å². The molecule has 0 unspecified atom stereocenters. The van der Waals surface area contributed by atoms with Gasteiger partial charge in [0.1, 0.15) is 0 Å². The first-order chi connectivity index (χ1) is 17.5. The zero-order valence-electron chi connectivity index (χ0n) is 19.7. The minimum absolute atomic E-state index is 0.120. The molecule has 4 rings (SSSR count). The number of piperazine rings is 1. The van der Waals surface area contributed by atoms with Gasteiger partial charge in [0.2, 0.25) is 10.0 Å². The second-order valence-corrected chi connectivity index (χ2v) is 11.5. The molecule has 1 heterocycles. The molecule has 11 heteroatoms. The fourth-order valence-electron chi connectivity index (χ4n) is 4.08. The van der Waals surface area contributed by atoms with E-state index in [1.54, 1.807) is 24.3 Å². The van der Waals surface area contributed by atoms with Gasteiger partial charge in [-0.25, -0.2) is 8.42 Å². The Balaban J connectivity index is 1.41. The summed E-state index contributed by atoms with van der Waals surface area (Å²) < 4.78 is 72.2. The quantitative estimate of drug-likeness (QED) is 0.319. The number of rotatable bonds is 8. The van der Waals surface area contributed by atoms with Crippen molar-refractivity contribution in [3.05, 3.63) is 99.5 Å². The lowest BCUT2D eigenvalue weighted by atomic mass is 10.1. The van der Waals surface area contributed by atoms with E-state index in [0.717, 1.165) is 17.7 Å². The molecule has 5 nitrogen and oxygen atoms in total. The maximum atomic E-state index is 13.0. The van der Waals surface area contributed by atoms with Crippen molar-refractivity contribution < 1.29 is 26.3 Å². The largest absolute Gasteiger partial charge is 0.416 e. The Hall–Kier alpha value is -2.14. The van der Waals surface area contributed by atoms with Crippen molar-refractivity contribution in [3.63, 3.8) is 0 Å². The summed E-state index contributed by atoms with van der Waals surface area (Å²) in [6, 6.07) is 18.3. The maximum Gasteiger partial charge on any atom is 0.416 e. The predicted octanol–water partition coefficient (Wildman–Crippen LogP) is 6.28. The number of sulfonamides is 1. The molecule has 0 amide bonds. The van der Waals surface area contributed by atoms with Crippen LogP contribution >= 0.6 is 23.2 Å². The second kappa shape index (κ2) is 11.7. The third-order valence-electron chi connectivity index (χ3n) is 6.16. The zero-order chi connectivity index (χ0) is 26.6. The van der Waals surface area contributed by atoms with Crippen LogP contribution in [0.2, 0.25) is 10.0 Å². The zero-order valence-corrected chi connectivity index (χ0v) is 22.0. The highest BCUT2D eigenvalue weighted by atomic mass is 35.5. The fourth-order valence-corrected chi connectivity index (χ4v) is 5.93. The lowest BCUT2D eigenvalue weighted by molar-refractivity contribution is -0.137. The molecule has 1 atom stereocenters. The Bertz CT molecular complexity index is 1300. The van der Waals surface area contributed by atoms with Gasteiger partial charge in [-0.3, -0.25) is 4.90 Å². The van der Waals surface area contributed by atoms with E-state index in [4.69, 9.17) is 27.9 Å². The van der Waals surface area contributed by atoms with E-state index in [9.17, 15) is 21.6 Å². The Morgan fingerprint density at radius 3 is 2.11 bits per heavy atom. The molecule has 0 bridgehead atoms. The minimum Gasteiger partial charge on any atom is -0.368 e. The third kappa shape index (κ3) is 7.25. The van der Waals surface area contributed by atoms with Crippen molar-refractivity contribution in [1.29, 1.82) is 0 Å². The molecule has 0 radical (unpaired) electrons. The van der Waals surface area contributed by atoms with E-state index in [-0.39, 0.29) is 11.5 Å². The lowest BCUT2D eigenvalue weighted by Crippen LogP contribution is -2.49. The van der Waals surface area contributed by atoms with Gasteiger partial charge in [0, 0.05) is 42.8 Å². The van der Waals surface area contributed by atoms with E-state index >= 15 is 0 Å². The highest BCUT2D eigenvalue weighted by molar-refractivity contribution is 7.89. The van der Waals surface area contributed by atoms with Gasteiger partial charge in [-0.15, -0.1) is 0 Å². The Morgan fingerprint density at radius 2 is 1.51 bits per heavy atom. The molecular formula is C26H25Cl2F3N2O3S. The molecule has 3 aromatic carbocycles. The van der Waals surface area contributed by atoms with Crippen molar-refractivity contribution >= 4 is 33.2 Å². The van der Waals surface area contributed by atoms with Gasteiger partial charge in [0.25, 0.3) is 0 Å². The smallest absolute Gasteiger partial charge is 0.368 e. The number of hydrogen-bond donors (Lipinski definition) is 0. The summed E-state index contributed by atoms with van der Waals surface area (Å²) in [6.07, 6.45) is -4.79. The summed E-state index contributed by atoms with van der Waals surface area (Å²) in [5.41, 5.74) is 0.769. The van der Waals surface area contributed by atoms with E-state index < -0.39 is 27.9 Å². The van der Waals surface area contributed by atoms with E-state index in [2.05, 4.69) is 4.90 Å². The number of benzene rings is 3. The van der Waals surface area contributed by atoms with Crippen molar-refractivity contribution in [1.82, 2.24) is 9.21 Å². The van der Waals surface area contributed by atoms with Crippen molar-refractivity contribution in [3.8, 4) is 0 Å². The number of alkyl halides is 3.